The number of hydrazine groups is 1. The Morgan fingerprint density at radius 1 is 1.09 bits per heavy atom. The number of para-hydroxylation sites is 1. The van der Waals surface area contributed by atoms with Gasteiger partial charge in [0.25, 0.3) is 0 Å². The van der Waals surface area contributed by atoms with Gasteiger partial charge in [0.15, 0.2) is 5.78 Å². The molecule has 6 heteroatoms. The smallest absolute Gasteiger partial charge is 0.227 e. The third-order valence-corrected chi connectivity index (χ3v) is 6.56. The Labute approximate surface area is 190 Å². The second-order valence-electron chi connectivity index (χ2n) is 8.77. The summed E-state index contributed by atoms with van der Waals surface area (Å²) in [6.45, 7) is 2.31. The number of benzene rings is 2. The number of nitrogens with two attached hydrogens (primary N) is 1. The van der Waals surface area contributed by atoms with Crippen LogP contribution in [0.5, 0.6) is 5.75 Å². The van der Waals surface area contributed by atoms with E-state index in [1.54, 1.807) is 7.11 Å². The van der Waals surface area contributed by atoms with Gasteiger partial charge in [-0.1, -0.05) is 18.2 Å². The molecule has 0 saturated carbocycles. The van der Waals surface area contributed by atoms with Gasteiger partial charge in [0.05, 0.1) is 12.8 Å². The predicted octanol–water partition coefficient (Wildman–Crippen LogP) is 3.69. The largest absolute Gasteiger partial charge is 0.496 e. The van der Waals surface area contributed by atoms with Gasteiger partial charge in [-0.15, -0.1) is 0 Å². The first-order chi connectivity index (χ1) is 15.6. The highest BCUT2D eigenvalue weighted by Gasteiger charge is 2.30. The Balaban J connectivity index is 1.25. The third kappa shape index (κ3) is 5.03. The molecule has 2 N–H and O–H groups in total. The fraction of sp³-hybridized carbons (Fsp3) is 0.462. The molecule has 2 aliphatic heterocycles. The number of ether oxygens (including phenoxy) is 1. The maximum atomic E-state index is 12.8. The molecule has 2 aromatic carbocycles. The van der Waals surface area contributed by atoms with Crippen LogP contribution in [0.15, 0.2) is 36.4 Å². The second kappa shape index (κ2) is 10.3. The van der Waals surface area contributed by atoms with Gasteiger partial charge in [-0.25, -0.2) is 5.01 Å². The lowest BCUT2D eigenvalue weighted by atomic mass is 9.88. The molecule has 6 nitrogen and oxygen atoms in total. The van der Waals surface area contributed by atoms with E-state index in [2.05, 4.69) is 6.07 Å². The van der Waals surface area contributed by atoms with Crippen LogP contribution in [0.1, 0.15) is 59.2 Å². The van der Waals surface area contributed by atoms with Crippen molar-refractivity contribution < 1.29 is 14.3 Å². The minimum atomic E-state index is 0.190. The Morgan fingerprint density at radius 2 is 1.88 bits per heavy atom. The van der Waals surface area contributed by atoms with E-state index in [9.17, 15) is 9.59 Å². The van der Waals surface area contributed by atoms with Crippen LogP contribution in [-0.2, 0) is 24.1 Å². The highest BCUT2D eigenvalue weighted by atomic mass is 16.5. The van der Waals surface area contributed by atoms with Crippen LogP contribution in [0.2, 0.25) is 0 Å². The summed E-state index contributed by atoms with van der Waals surface area (Å²) in [5.41, 5.74) is 5.36. The van der Waals surface area contributed by atoms with Crippen molar-refractivity contribution in [1.29, 1.82) is 0 Å². The third-order valence-electron chi connectivity index (χ3n) is 6.56. The highest BCUT2D eigenvalue weighted by Crippen LogP contribution is 2.36. The summed E-state index contributed by atoms with van der Waals surface area (Å²) in [5, 5.41) is 1.82. The number of Topliss-reactive ketones (excluding diaryl/α,β-unsaturated/α-hetero) is 1. The Hall–Kier alpha value is -2.70. The summed E-state index contributed by atoms with van der Waals surface area (Å²) in [4.78, 5) is 27.0. The summed E-state index contributed by atoms with van der Waals surface area (Å²) >= 11 is 0. The molecule has 2 heterocycles. The summed E-state index contributed by atoms with van der Waals surface area (Å²) in [5.74, 6) is 7.46. The number of methoxy groups -OCH3 is 1. The van der Waals surface area contributed by atoms with Gasteiger partial charge in [-0.2, -0.15) is 0 Å². The van der Waals surface area contributed by atoms with Crippen LogP contribution < -0.4 is 15.5 Å². The van der Waals surface area contributed by atoms with Gasteiger partial charge < -0.3 is 9.64 Å². The zero-order chi connectivity index (χ0) is 22.5. The van der Waals surface area contributed by atoms with Gasteiger partial charge in [0, 0.05) is 38.0 Å². The molecule has 2 aromatic rings. The molecule has 0 saturated heterocycles. The number of aryl methyl sites for hydroxylation is 2. The molecular formula is C26H33N3O3. The molecule has 0 radical (unpaired) electrons. The van der Waals surface area contributed by atoms with Crippen LogP contribution in [0, 0.1) is 0 Å². The lowest BCUT2D eigenvalue weighted by molar-refractivity contribution is -0.119. The normalized spacial score (nSPS) is 15.1. The van der Waals surface area contributed by atoms with Crippen LogP contribution in [0.25, 0.3) is 0 Å². The number of nitrogens with zero attached hydrogens (tertiary/aromatic N) is 2. The maximum Gasteiger partial charge on any atom is 0.227 e. The SMILES string of the molecule is COc1ccccc1CCN(N)CCCCC(=O)c1cc2c3c(c1)CCC(=O)N3CCC2. The quantitative estimate of drug-likeness (QED) is 0.267. The zero-order valence-corrected chi connectivity index (χ0v) is 18.9. The molecule has 170 valence electrons. The monoisotopic (exact) mass is 435 g/mol. The predicted molar refractivity (Wildman–Crippen MR) is 126 cm³/mol. The van der Waals surface area contributed by atoms with Crippen LogP contribution in [0.3, 0.4) is 0 Å². The minimum absolute atomic E-state index is 0.190. The number of rotatable bonds is 10. The Morgan fingerprint density at radius 3 is 2.69 bits per heavy atom. The Kier molecular flexibility index (Phi) is 7.22. The molecule has 4 rings (SSSR count). The van der Waals surface area contributed by atoms with Gasteiger partial charge in [-0.3, -0.25) is 15.4 Å². The summed E-state index contributed by atoms with van der Waals surface area (Å²) < 4.78 is 5.39. The number of hydrogen-bond donors (Lipinski definition) is 1. The van der Waals surface area contributed by atoms with Crippen LogP contribution >= 0.6 is 0 Å². The fourth-order valence-corrected chi connectivity index (χ4v) is 4.84. The van der Waals surface area contributed by atoms with Gasteiger partial charge >= 0.3 is 0 Å². The number of carbonyl (C=O) groups excluding carboxylic acids is 2. The number of hydrogen-bond acceptors (Lipinski definition) is 5. The van der Waals surface area contributed by atoms with Crippen molar-refractivity contribution in [2.45, 2.75) is 51.4 Å². The van der Waals surface area contributed by atoms with E-state index < -0.39 is 0 Å². The van der Waals surface area contributed by atoms with Crippen LogP contribution in [0.4, 0.5) is 5.69 Å². The molecule has 1 amide bonds. The average Bonchev–Trinajstić information content (AvgIpc) is 2.82. The van der Waals surface area contributed by atoms with E-state index in [4.69, 9.17) is 10.6 Å². The first-order valence-corrected chi connectivity index (χ1v) is 11.7. The molecule has 2 aliphatic rings. The molecule has 0 aliphatic carbocycles. The van der Waals surface area contributed by atoms with Crippen LogP contribution in [-0.4, -0.2) is 43.4 Å². The number of amides is 1. The van der Waals surface area contributed by atoms with E-state index in [-0.39, 0.29) is 11.7 Å². The fourth-order valence-electron chi connectivity index (χ4n) is 4.84. The summed E-state index contributed by atoms with van der Waals surface area (Å²) in [6.07, 6.45) is 6.27. The number of anilines is 1. The first kappa shape index (κ1) is 22.5. The highest BCUT2D eigenvalue weighted by molar-refractivity contribution is 6.01. The molecule has 32 heavy (non-hydrogen) atoms. The molecule has 0 fully saturated rings. The molecule has 0 atom stereocenters. The summed E-state index contributed by atoms with van der Waals surface area (Å²) in [6, 6.07) is 12.0. The van der Waals surface area contributed by atoms with Gasteiger partial charge in [0.2, 0.25) is 5.91 Å². The van der Waals surface area contributed by atoms with Crippen molar-refractivity contribution in [3.05, 3.63) is 58.7 Å². The second-order valence-corrected chi connectivity index (χ2v) is 8.77. The van der Waals surface area contributed by atoms with E-state index >= 15 is 0 Å². The lowest BCUT2D eigenvalue weighted by Gasteiger charge is -2.35. The molecule has 0 aromatic heterocycles. The van der Waals surface area contributed by atoms with E-state index in [1.807, 2.05) is 40.2 Å². The van der Waals surface area contributed by atoms with Crippen molar-refractivity contribution in [2.24, 2.45) is 5.84 Å². The van der Waals surface area contributed by atoms with E-state index in [0.717, 1.165) is 91.8 Å². The average molecular weight is 436 g/mol. The Bertz CT molecular complexity index is 971. The number of unbranched alkanes of at least 4 members (excludes halogenated alkanes) is 1. The molecule has 0 bridgehead atoms. The van der Waals surface area contributed by atoms with Crippen molar-refractivity contribution >= 4 is 17.4 Å². The molecular weight excluding hydrogens is 402 g/mol. The van der Waals surface area contributed by atoms with Crippen molar-refractivity contribution in [3.8, 4) is 5.75 Å². The zero-order valence-electron chi connectivity index (χ0n) is 18.9. The topological polar surface area (TPSA) is 75.9 Å². The lowest BCUT2D eigenvalue weighted by Crippen LogP contribution is -2.39. The van der Waals surface area contributed by atoms with Crippen molar-refractivity contribution in [3.63, 3.8) is 0 Å². The minimum Gasteiger partial charge on any atom is -0.496 e. The van der Waals surface area contributed by atoms with Gasteiger partial charge in [-0.05, 0) is 73.4 Å². The van der Waals surface area contributed by atoms with Crippen molar-refractivity contribution in [2.75, 3.05) is 31.6 Å². The summed E-state index contributed by atoms with van der Waals surface area (Å²) in [7, 11) is 1.68. The van der Waals surface area contributed by atoms with E-state index in [1.165, 1.54) is 0 Å². The number of ketones is 1. The van der Waals surface area contributed by atoms with E-state index in [0.29, 0.717) is 12.8 Å². The number of carbonyl (C=O) groups is 2. The first-order valence-electron chi connectivity index (χ1n) is 11.7. The van der Waals surface area contributed by atoms with Crippen molar-refractivity contribution in [1.82, 2.24) is 5.01 Å². The maximum absolute atomic E-state index is 12.8. The standard InChI is InChI=1S/C26H33N3O3/c1-32-24-10-3-2-7-19(24)13-16-28(27)14-5-4-9-23(30)22-17-20-8-6-15-29-25(31)12-11-21(18-22)26(20)29/h2-3,7,10,17-18H,4-6,8-9,11-16,27H2,1H3. The molecule has 0 spiro atoms. The van der Waals surface area contributed by atoms with Gasteiger partial charge in [0.1, 0.15) is 5.75 Å². The molecule has 0 unspecified atom stereocenters.